The first-order valence-electron chi connectivity index (χ1n) is 8.77. The number of hydrogen-bond acceptors (Lipinski definition) is 6. The monoisotopic (exact) mass is 376 g/mol. The van der Waals surface area contributed by atoms with E-state index in [1.807, 2.05) is 18.2 Å². The van der Waals surface area contributed by atoms with Crippen LogP contribution in [0, 0.1) is 0 Å². The summed E-state index contributed by atoms with van der Waals surface area (Å²) < 4.78 is 4.67. The molecule has 2 N–H and O–H groups in total. The zero-order valence-electron chi connectivity index (χ0n) is 15.4. The van der Waals surface area contributed by atoms with Crippen molar-refractivity contribution in [2.24, 2.45) is 0 Å². The van der Waals surface area contributed by atoms with Gasteiger partial charge in [0, 0.05) is 12.2 Å². The van der Waals surface area contributed by atoms with Gasteiger partial charge in [-0.05, 0) is 42.3 Å². The van der Waals surface area contributed by atoms with Crippen LogP contribution in [0.5, 0.6) is 0 Å². The van der Waals surface area contributed by atoms with E-state index in [1.54, 1.807) is 30.3 Å². The lowest BCUT2D eigenvalue weighted by atomic mass is 10.1. The molecule has 0 fully saturated rings. The highest BCUT2D eigenvalue weighted by molar-refractivity contribution is 6.03. The smallest absolute Gasteiger partial charge is 0.337 e. The minimum atomic E-state index is -0.471. The summed E-state index contributed by atoms with van der Waals surface area (Å²) in [5.41, 5.74) is 2.23. The molecule has 0 atom stereocenters. The molecule has 0 saturated carbocycles. The summed E-state index contributed by atoms with van der Waals surface area (Å²) in [5.74, 6) is -0.285. The van der Waals surface area contributed by atoms with E-state index in [4.69, 9.17) is 0 Å². The van der Waals surface area contributed by atoms with Gasteiger partial charge in [0.15, 0.2) is 5.69 Å². The summed E-state index contributed by atoms with van der Waals surface area (Å²) in [7, 11) is 1.30. The molecule has 1 amide bonds. The fraction of sp³-hybridized carbons (Fsp3) is 0.143. The standard InChI is InChI=1S/C21H20N4O3/c1-28-21(27)16-8-5-9-17(14-16)23-20(26)18-10-11-19(25-24-18)22-13-12-15-6-3-2-4-7-15/h2-11,14H,12-13H2,1H3,(H,22,25)(H,23,26). The van der Waals surface area contributed by atoms with Crippen LogP contribution in [0.2, 0.25) is 0 Å². The van der Waals surface area contributed by atoms with Crippen LogP contribution in [-0.4, -0.2) is 35.7 Å². The molecule has 3 rings (SSSR count). The highest BCUT2D eigenvalue weighted by Gasteiger charge is 2.11. The molecule has 0 radical (unpaired) electrons. The molecule has 1 heterocycles. The molecule has 7 nitrogen and oxygen atoms in total. The molecule has 0 spiro atoms. The SMILES string of the molecule is COC(=O)c1cccc(NC(=O)c2ccc(NCCc3ccccc3)nn2)c1. The number of methoxy groups -OCH3 is 1. The Kier molecular flexibility index (Phi) is 6.30. The molecule has 0 saturated heterocycles. The number of aromatic nitrogens is 2. The number of nitrogens with one attached hydrogen (secondary N) is 2. The molecule has 0 bridgehead atoms. The molecule has 7 heteroatoms. The number of carbonyl (C=O) groups is 2. The minimum absolute atomic E-state index is 0.178. The molecular weight excluding hydrogens is 356 g/mol. The topological polar surface area (TPSA) is 93.2 Å². The average molecular weight is 376 g/mol. The maximum absolute atomic E-state index is 12.3. The largest absolute Gasteiger partial charge is 0.465 e. The summed E-state index contributed by atoms with van der Waals surface area (Å²) in [4.78, 5) is 23.9. The molecule has 3 aromatic rings. The first kappa shape index (κ1) is 19.0. The van der Waals surface area contributed by atoms with Crippen molar-refractivity contribution in [3.63, 3.8) is 0 Å². The number of hydrogen-bond donors (Lipinski definition) is 2. The maximum Gasteiger partial charge on any atom is 0.337 e. The van der Waals surface area contributed by atoms with Crippen LogP contribution in [-0.2, 0) is 11.2 Å². The van der Waals surface area contributed by atoms with Gasteiger partial charge in [0.1, 0.15) is 5.82 Å². The predicted octanol–water partition coefficient (Wildman–Crippen LogP) is 3.17. The third kappa shape index (κ3) is 5.14. The highest BCUT2D eigenvalue weighted by atomic mass is 16.5. The molecule has 142 valence electrons. The van der Waals surface area contributed by atoms with Crippen molar-refractivity contribution >= 4 is 23.4 Å². The number of ether oxygens (including phenoxy) is 1. The number of esters is 1. The summed E-state index contributed by atoms with van der Waals surface area (Å²) in [6, 6.07) is 19.9. The van der Waals surface area contributed by atoms with Crippen LogP contribution < -0.4 is 10.6 Å². The zero-order chi connectivity index (χ0) is 19.8. The van der Waals surface area contributed by atoms with Gasteiger partial charge in [-0.25, -0.2) is 4.79 Å². The summed E-state index contributed by atoms with van der Waals surface area (Å²) >= 11 is 0. The van der Waals surface area contributed by atoms with Gasteiger partial charge < -0.3 is 15.4 Å². The third-order valence-corrected chi connectivity index (χ3v) is 4.00. The third-order valence-electron chi connectivity index (χ3n) is 4.00. The van der Waals surface area contributed by atoms with E-state index < -0.39 is 11.9 Å². The Labute approximate surface area is 162 Å². The van der Waals surface area contributed by atoms with Crippen LogP contribution in [0.4, 0.5) is 11.5 Å². The average Bonchev–Trinajstić information content (AvgIpc) is 2.74. The van der Waals surface area contributed by atoms with E-state index in [1.165, 1.54) is 18.7 Å². The number of anilines is 2. The Morgan fingerprint density at radius 2 is 1.79 bits per heavy atom. The van der Waals surface area contributed by atoms with E-state index >= 15 is 0 Å². The molecule has 0 aliphatic heterocycles. The maximum atomic E-state index is 12.3. The van der Waals surface area contributed by atoms with Gasteiger partial charge in [-0.3, -0.25) is 4.79 Å². The molecule has 2 aromatic carbocycles. The molecule has 0 aliphatic rings. The van der Waals surface area contributed by atoms with E-state index in [0.717, 1.165) is 6.42 Å². The van der Waals surface area contributed by atoms with Crippen molar-refractivity contribution in [3.8, 4) is 0 Å². The van der Waals surface area contributed by atoms with E-state index in [-0.39, 0.29) is 5.69 Å². The number of rotatable bonds is 7. The Bertz CT molecular complexity index is 943. The van der Waals surface area contributed by atoms with E-state index in [0.29, 0.717) is 23.6 Å². The molecule has 0 aliphatic carbocycles. The van der Waals surface area contributed by atoms with Crippen LogP contribution >= 0.6 is 0 Å². The van der Waals surface area contributed by atoms with Gasteiger partial charge in [-0.1, -0.05) is 36.4 Å². The van der Waals surface area contributed by atoms with Gasteiger partial charge >= 0.3 is 5.97 Å². The summed E-state index contributed by atoms with van der Waals surface area (Å²) in [5, 5.41) is 13.9. The second kappa shape index (κ2) is 9.27. The van der Waals surface area contributed by atoms with Crippen molar-refractivity contribution < 1.29 is 14.3 Å². The highest BCUT2D eigenvalue weighted by Crippen LogP contribution is 2.13. The second-order valence-electron chi connectivity index (χ2n) is 5.99. The first-order chi connectivity index (χ1) is 13.7. The Morgan fingerprint density at radius 1 is 0.964 bits per heavy atom. The van der Waals surface area contributed by atoms with Gasteiger partial charge in [0.05, 0.1) is 12.7 Å². The molecule has 0 unspecified atom stereocenters. The Morgan fingerprint density at radius 3 is 2.50 bits per heavy atom. The molecular formula is C21H20N4O3. The number of nitrogens with zero attached hydrogens (tertiary/aromatic N) is 2. The van der Waals surface area contributed by atoms with Crippen LogP contribution in [0.1, 0.15) is 26.4 Å². The fourth-order valence-corrected chi connectivity index (χ4v) is 2.56. The van der Waals surface area contributed by atoms with Crippen LogP contribution in [0.25, 0.3) is 0 Å². The fourth-order valence-electron chi connectivity index (χ4n) is 2.56. The second-order valence-corrected chi connectivity index (χ2v) is 5.99. The summed E-state index contributed by atoms with van der Waals surface area (Å²) in [6.45, 7) is 0.713. The van der Waals surface area contributed by atoms with Crippen molar-refractivity contribution in [1.29, 1.82) is 0 Å². The Hall–Kier alpha value is -3.74. The number of benzene rings is 2. The van der Waals surface area contributed by atoms with Gasteiger partial charge in [0.2, 0.25) is 0 Å². The number of amides is 1. The molecule has 28 heavy (non-hydrogen) atoms. The van der Waals surface area contributed by atoms with Crippen LogP contribution in [0.3, 0.4) is 0 Å². The quantitative estimate of drug-likeness (QED) is 0.615. The first-order valence-corrected chi connectivity index (χ1v) is 8.77. The zero-order valence-corrected chi connectivity index (χ0v) is 15.4. The molecule has 1 aromatic heterocycles. The van der Waals surface area contributed by atoms with E-state index in [9.17, 15) is 9.59 Å². The van der Waals surface area contributed by atoms with Gasteiger partial charge in [0.25, 0.3) is 5.91 Å². The lowest BCUT2D eigenvalue weighted by Crippen LogP contribution is -2.15. The predicted molar refractivity (Wildman–Crippen MR) is 106 cm³/mol. The normalized spacial score (nSPS) is 10.2. The van der Waals surface area contributed by atoms with Gasteiger partial charge in [-0.2, -0.15) is 0 Å². The lowest BCUT2D eigenvalue weighted by Gasteiger charge is -2.07. The van der Waals surface area contributed by atoms with Crippen molar-refractivity contribution in [2.75, 3.05) is 24.3 Å². The van der Waals surface area contributed by atoms with Crippen LogP contribution in [0.15, 0.2) is 66.7 Å². The number of carbonyl (C=O) groups excluding carboxylic acids is 2. The van der Waals surface area contributed by atoms with Crippen molar-refractivity contribution in [3.05, 3.63) is 83.6 Å². The Balaban J connectivity index is 1.55. The van der Waals surface area contributed by atoms with Crippen molar-refractivity contribution in [2.45, 2.75) is 6.42 Å². The minimum Gasteiger partial charge on any atom is -0.465 e. The van der Waals surface area contributed by atoms with Crippen molar-refractivity contribution in [1.82, 2.24) is 10.2 Å². The van der Waals surface area contributed by atoms with Gasteiger partial charge in [-0.15, -0.1) is 10.2 Å². The summed E-state index contributed by atoms with van der Waals surface area (Å²) in [6.07, 6.45) is 0.862. The lowest BCUT2D eigenvalue weighted by molar-refractivity contribution is 0.0600. The van der Waals surface area contributed by atoms with E-state index in [2.05, 4.69) is 37.7 Å².